The number of thiol groups is 1. The first-order chi connectivity index (χ1) is 8.77. The van der Waals surface area contributed by atoms with Crippen molar-refractivity contribution in [3.8, 4) is 0 Å². The fourth-order valence-corrected chi connectivity index (χ4v) is 2.36. The molecule has 0 fully saturated rings. The van der Waals surface area contributed by atoms with Gasteiger partial charge in [-0.25, -0.2) is 8.42 Å². The summed E-state index contributed by atoms with van der Waals surface area (Å²) in [5.74, 6) is 0. The van der Waals surface area contributed by atoms with Crippen molar-refractivity contribution >= 4 is 62.4 Å². The average Bonchev–Trinajstić information content (AvgIpc) is 2.34. The SMILES string of the molecule is CCCCCCCCCCCCCCO[SH](=O)=O.[KH]. The van der Waals surface area contributed by atoms with E-state index in [0.717, 1.165) is 12.8 Å². The van der Waals surface area contributed by atoms with Crippen LogP contribution < -0.4 is 0 Å². The Bertz CT molecular complexity index is 225. The van der Waals surface area contributed by atoms with Gasteiger partial charge in [0.2, 0.25) is 0 Å². The Balaban J connectivity index is 0. The molecule has 0 atom stereocenters. The van der Waals surface area contributed by atoms with E-state index >= 15 is 0 Å². The molecule has 0 spiro atoms. The van der Waals surface area contributed by atoms with Gasteiger partial charge in [-0.15, -0.1) is 0 Å². The molecular weight excluding hydrogens is 287 g/mol. The van der Waals surface area contributed by atoms with Crippen LogP contribution in [0, 0.1) is 0 Å². The van der Waals surface area contributed by atoms with E-state index in [2.05, 4.69) is 11.1 Å². The van der Waals surface area contributed by atoms with Gasteiger partial charge in [0, 0.05) is 0 Å². The molecule has 0 aliphatic heterocycles. The van der Waals surface area contributed by atoms with Gasteiger partial charge in [0.05, 0.1) is 6.61 Å². The molecule has 0 amide bonds. The molecule has 112 valence electrons. The predicted octanol–water partition coefficient (Wildman–Crippen LogP) is 3.58. The number of rotatable bonds is 14. The zero-order chi connectivity index (χ0) is 13.5. The summed E-state index contributed by atoms with van der Waals surface area (Å²) in [6.07, 6.45) is 15.4. The second-order valence-corrected chi connectivity index (χ2v) is 5.65. The summed E-state index contributed by atoms with van der Waals surface area (Å²) in [5.41, 5.74) is 0. The molecule has 0 bridgehead atoms. The summed E-state index contributed by atoms with van der Waals surface area (Å²) < 4.78 is 24.7. The zero-order valence-electron chi connectivity index (χ0n) is 11.9. The van der Waals surface area contributed by atoms with E-state index in [1.807, 2.05) is 0 Å². The molecule has 0 N–H and O–H groups in total. The monoisotopic (exact) mass is 318 g/mol. The van der Waals surface area contributed by atoms with E-state index in [1.54, 1.807) is 0 Å². The van der Waals surface area contributed by atoms with Gasteiger partial charge in [-0.2, -0.15) is 0 Å². The molecule has 0 aromatic rings. The van der Waals surface area contributed by atoms with Gasteiger partial charge in [-0.05, 0) is 6.42 Å². The third-order valence-corrected chi connectivity index (χ3v) is 3.59. The first-order valence-corrected chi connectivity index (χ1v) is 8.64. The van der Waals surface area contributed by atoms with Crippen molar-refractivity contribution in [3.63, 3.8) is 0 Å². The molecule has 0 saturated carbocycles. The quantitative estimate of drug-likeness (QED) is 0.302. The fraction of sp³-hybridized carbons (Fsp3) is 1.00. The molecule has 3 nitrogen and oxygen atoms in total. The van der Waals surface area contributed by atoms with Crippen molar-refractivity contribution < 1.29 is 12.6 Å². The topological polar surface area (TPSA) is 43.4 Å². The Kier molecular flexibility index (Phi) is 23.5. The van der Waals surface area contributed by atoms with E-state index in [9.17, 15) is 8.42 Å². The van der Waals surface area contributed by atoms with E-state index in [1.165, 1.54) is 64.2 Å². The van der Waals surface area contributed by atoms with Crippen LogP contribution in [0.25, 0.3) is 0 Å². The van der Waals surface area contributed by atoms with Crippen LogP contribution in [-0.4, -0.2) is 66.4 Å². The molecule has 0 rings (SSSR count). The first-order valence-electron chi connectivity index (χ1n) is 7.54. The van der Waals surface area contributed by atoms with Gasteiger partial charge < -0.3 is 0 Å². The van der Waals surface area contributed by atoms with Crippen LogP contribution in [0.5, 0.6) is 0 Å². The van der Waals surface area contributed by atoms with Gasteiger partial charge >= 0.3 is 51.4 Å². The Hall–Kier alpha value is 1.55. The molecular formula is C14H31KO3S. The summed E-state index contributed by atoms with van der Waals surface area (Å²) in [6.45, 7) is 2.61. The molecule has 0 aliphatic carbocycles. The standard InChI is InChI=1S/C14H30O3S.K.H/c1-2-3-4-5-6-7-8-9-10-11-12-13-14-17-18(15)16;;/h18H,2-14H2,1H3;;. The van der Waals surface area contributed by atoms with Crippen LogP contribution in [0.4, 0.5) is 0 Å². The molecule has 0 aromatic heterocycles. The molecule has 0 aliphatic rings. The Morgan fingerprint density at radius 2 is 1.05 bits per heavy atom. The molecule has 0 radical (unpaired) electrons. The minimum absolute atomic E-state index is 0. The van der Waals surface area contributed by atoms with Crippen molar-refractivity contribution in [1.82, 2.24) is 0 Å². The van der Waals surface area contributed by atoms with Gasteiger partial charge in [-0.3, -0.25) is 4.18 Å². The second-order valence-electron chi connectivity index (χ2n) is 4.95. The van der Waals surface area contributed by atoms with E-state index in [0.29, 0.717) is 6.61 Å². The fourth-order valence-electron chi connectivity index (χ4n) is 2.08. The number of hydrogen-bond donors (Lipinski definition) is 1. The van der Waals surface area contributed by atoms with Crippen LogP contribution in [-0.2, 0) is 15.2 Å². The van der Waals surface area contributed by atoms with Gasteiger partial charge in [0.25, 0.3) is 11.0 Å². The van der Waals surface area contributed by atoms with Crippen molar-refractivity contribution in [1.29, 1.82) is 0 Å². The van der Waals surface area contributed by atoms with Crippen molar-refractivity contribution in [2.75, 3.05) is 6.61 Å². The van der Waals surface area contributed by atoms with Crippen molar-refractivity contribution in [2.24, 2.45) is 0 Å². The first kappa shape index (κ1) is 22.8. The molecule has 0 saturated heterocycles. The molecule has 0 aromatic carbocycles. The number of unbranched alkanes of at least 4 members (excludes halogenated alkanes) is 11. The Morgan fingerprint density at radius 3 is 1.42 bits per heavy atom. The number of hydrogen-bond acceptors (Lipinski definition) is 3. The minimum atomic E-state index is -2.64. The van der Waals surface area contributed by atoms with Crippen LogP contribution in [0.1, 0.15) is 84.0 Å². The Morgan fingerprint density at radius 1 is 0.684 bits per heavy atom. The Labute approximate surface area is 163 Å². The average molecular weight is 319 g/mol. The summed E-state index contributed by atoms with van der Waals surface area (Å²) in [7, 11) is -2.64. The third kappa shape index (κ3) is 22.0. The molecule has 0 heterocycles. The second kappa shape index (κ2) is 19.5. The predicted molar refractivity (Wildman–Crippen MR) is 84.5 cm³/mol. The summed E-state index contributed by atoms with van der Waals surface area (Å²) in [5, 5.41) is 0. The van der Waals surface area contributed by atoms with Gasteiger partial charge in [-0.1, -0.05) is 77.6 Å². The van der Waals surface area contributed by atoms with E-state index < -0.39 is 11.0 Å². The van der Waals surface area contributed by atoms with Crippen molar-refractivity contribution in [2.45, 2.75) is 84.0 Å². The molecule has 0 unspecified atom stereocenters. The summed E-state index contributed by atoms with van der Waals surface area (Å²) in [4.78, 5) is 0. The summed E-state index contributed by atoms with van der Waals surface area (Å²) >= 11 is 0. The van der Waals surface area contributed by atoms with E-state index in [-0.39, 0.29) is 51.4 Å². The van der Waals surface area contributed by atoms with Crippen LogP contribution in [0.15, 0.2) is 0 Å². The summed E-state index contributed by atoms with van der Waals surface area (Å²) in [6, 6.07) is 0. The van der Waals surface area contributed by atoms with Crippen LogP contribution >= 0.6 is 0 Å². The van der Waals surface area contributed by atoms with E-state index in [4.69, 9.17) is 0 Å². The molecule has 19 heavy (non-hydrogen) atoms. The van der Waals surface area contributed by atoms with Crippen LogP contribution in [0.3, 0.4) is 0 Å². The van der Waals surface area contributed by atoms with Crippen molar-refractivity contribution in [3.05, 3.63) is 0 Å². The maximum absolute atomic E-state index is 10.1. The van der Waals surface area contributed by atoms with Crippen LogP contribution in [0.2, 0.25) is 0 Å². The normalized spacial score (nSPS) is 10.6. The third-order valence-electron chi connectivity index (χ3n) is 3.19. The van der Waals surface area contributed by atoms with Gasteiger partial charge in [0.15, 0.2) is 0 Å². The maximum atomic E-state index is 10.1. The molecule has 5 heteroatoms. The van der Waals surface area contributed by atoms with Gasteiger partial charge in [0.1, 0.15) is 0 Å². The zero-order valence-corrected chi connectivity index (χ0v) is 12.8.